The lowest BCUT2D eigenvalue weighted by Crippen LogP contribution is -2.43. The number of amides is 1. The van der Waals surface area contributed by atoms with E-state index in [9.17, 15) is 9.90 Å². The molecule has 0 aliphatic heterocycles. The molecule has 0 saturated heterocycles. The van der Waals surface area contributed by atoms with Crippen LogP contribution in [0.15, 0.2) is 18.2 Å². The number of hydrogen-bond donors (Lipinski definition) is 2. The van der Waals surface area contributed by atoms with Gasteiger partial charge in [0.2, 0.25) is 3.79 Å². The first-order valence-corrected chi connectivity index (χ1v) is 6.11. The van der Waals surface area contributed by atoms with Gasteiger partial charge in [0.1, 0.15) is 0 Å². The van der Waals surface area contributed by atoms with Gasteiger partial charge in [0.05, 0.1) is 0 Å². The molecule has 0 fully saturated rings. The first-order chi connectivity index (χ1) is 7.70. The lowest BCUT2D eigenvalue weighted by molar-refractivity contribution is 0.0791. The van der Waals surface area contributed by atoms with Crippen LogP contribution in [-0.4, -0.2) is 21.0 Å². The maximum Gasteiger partial charge on any atom is 0.253 e. The minimum absolute atomic E-state index is 0.149. The largest absolute Gasteiger partial charge is 0.369 e. The van der Waals surface area contributed by atoms with Gasteiger partial charge in [-0.3, -0.25) is 4.79 Å². The Morgan fingerprint density at radius 1 is 1.18 bits per heavy atom. The molecule has 0 aromatic heterocycles. The third-order valence-electron chi connectivity index (χ3n) is 1.70. The second-order valence-electron chi connectivity index (χ2n) is 3.08. The third kappa shape index (κ3) is 4.70. The zero-order valence-electron chi connectivity index (χ0n) is 8.05. The van der Waals surface area contributed by atoms with Crippen molar-refractivity contribution in [3.8, 4) is 0 Å². The Labute approximate surface area is 123 Å². The highest BCUT2D eigenvalue weighted by molar-refractivity contribution is 6.68. The van der Waals surface area contributed by atoms with E-state index in [1.807, 2.05) is 0 Å². The molecule has 0 saturated carbocycles. The fourth-order valence-corrected chi connectivity index (χ4v) is 1.66. The number of halogens is 5. The van der Waals surface area contributed by atoms with Crippen LogP contribution in [0.2, 0.25) is 10.0 Å². The molecular formula is C9H6Cl5NO2. The van der Waals surface area contributed by atoms with Crippen molar-refractivity contribution < 1.29 is 9.90 Å². The summed E-state index contributed by atoms with van der Waals surface area (Å²) in [5.74, 6) is -0.659. The second kappa shape index (κ2) is 5.83. The number of aliphatic hydroxyl groups excluding tert-OH is 1. The van der Waals surface area contributed by atoms with Crippen LogP contribution < -0.4 is 5.32 Å². The number of alkyl halides is 3. The summed E-state index contributed by atoms with van der Waals surface area (Å²) < 4.78 is -2.02. The van der Waals surface area contributed by atoms with Gasteiger partial charge in [0, 0.05) is 15.6 Å². The van der Waals surface area contributed by atoms with Gasteiger partial charge in [-0.05, 0) is 18.2 Å². The zero-order chi connectivity index (χ0) is 13.2. The van der Waals surface area contributed by atoms with E-state index in [0.717, 1.165) is 0 Å². The molecule has 1 aromatic carbocycles. The molecule has 1 rings (SSSR count). The molecular weight excluding hydrogens is 331 g/mol. The van der Waals surface area contributed by atoms with Crippen molar-refractivity contribution in [2.75, 3.05) is 0 Å². The van der Waals surface area contributed by atoms with Crippen molar-refractivity contribution in [2.24, 2.45) is 0 Å². The molecule has 8 heteroatoms. The summed E-state index contributed by atoms with van der Waals surface area (Å²) in [6.45, 7) is 0. The number of aliphatic hydroxyl groups is 1. The summed E-state index contributed by atoms with van der Waals surface area (Å²) in [6.07, 6.45) is -1.64. The Bertz CT molecular complexity index is 412. The van der Waals surface area contributed by atoms with Crippen LogP contribution in [0.1, 0.15) is 10.4 Å². The van der Waals surface area contributed by atoms with E-state index in [-0.39, 0.29) is 15.6 Å². The van der Waals surface area contributed by atoms with Crippen LogP contribution in [0.4, 0.5) is 0 Å². The van der Waals surface area contributed by atoms with E-state index in [4.69, 9.17) is 58.0 Å². The number of benzene rings is 1. The third-order valence-corrected chi connectivity index (χ3v) is 2.76. The summed E-state index contributed by atoms with van der Waals surface area (Å²) >= 11 is 27.6. The minimum atomic E-state index is -2.02. The van der Waals surface area contributed by atoms with Crippen LogP contribution in [-0.2, 0) is 0 Å². The topological polar surface area (TPSA) is 49.3 Å². The van der Waals surface area contributed by atoms with Gasteiger partial charge in [-0.15, -0.1) is 0 Å². The number of carbonyl (C=O) groups excluding carboxylic acids is 1. The normalized spacial score (nSPS) is 13.3. The van der Waals surface area contributed by atoms with Gasteiger partial charge in [-0.25, -0.2) is 0 Å². The van der Waals surface area contributed by atoms with Crippen LogP contribution in [0.3, 0.4) is 0 Å². The standard InChI is InChI=1S/C9H6Cl5NO2/c10-5-1-4(2-6(11)3-5)7(16)15-8(17)9(12,13)14/h1-3,8,17H,(H,15,16). The smallest absolute Gasteiger partial charge is 0.253 e. The maximum absolute atomic E-state index is 11.6. The van der Waals surface area contributed by atoms with Crippen LogP contribution in [0.5, 0.6) is 0 Å². The minimum Gasteiger partial charge on any atom is -0.369 e. The Morgan fingerprint density at radius 2 is 1.65 bits per heavy atom. The van der Waals surface area contributed by atoms with Gasteiger partial charge >= 0.3 is 0 Å². The predicted molar refractivity (Wildman–Crippen MR) is 70.2 cm³/mol. The zero-order valence-corrected chi connectivity index (χ0v) is 11.8. The van der Waals surface area contributed by atoms with E-state index in [0.29, 0.717) is 0 Å². The van der Waals surface area contributed by atoms with Crippen molar-refractivity contribution >= 4 is 63.9 Å². The Morgan fingerprint density at radius 3 is 2.06 bits per heavy atom. The molecule has 0 aliphatic rings. The summed E-state index contributed by atoms with van der Waals surface area (Å²) in [5.41, 5.74) is 0.149. The lowest BCUT2D eigenvalue weighted by Gasteiger charge is -2.20. The average molecular weight is 337 g/mol. The Hall–Kier alpha value is 0.1000. The molecule has 0 spiro atoms. The Balaban J connectivity index is 2.84. The highest BCUT2D eigenvalue weighted by Gasteiger charge is 2.32. The van der Waals surface area contributed by atoms with Crippen molar-refractivity contribution in [1.82, 2.24) is 5.32 Å². The highest BCUT2D eigenvalue weighted by atomic mass is 35.6. The first-order valence-electron chi connectivity index (χ1n) is 4.22. The predicted octanol–water partition coefficient (Wildman–Crippen LogP) is 3.41. The molecule has 1 atom stereocenters. The molecule has 2 N–H and O–H groups in total. The van der Waals surface area contributed by atoms with E-state index in [1.165, 1.54) is 18.2 Å². The number of hydrogen-bond acceptors (Lipinski definition) is 2. The SMILES string of the molecule is O=C(NC(O)C(Cl)(Cl)Cl)c1cc(Cl)cc(Cl)c1. The van der Waals surface area contributed by atoms with E-state index < -0.39 is 15.9 Å². The molecule has 1 aromatic rings. The molecule has 0 bridgehead atoms. The quantitative estimate of drug-likeness (QED) is 0.642. The van der Waals surface area contributed by atoms with Crippen molar-refractivity contribution in [1.29, 1.82) is 0 Å². The van der Waals surface area contributed by atoms with Crippen LogP contribution in [0.25, 0.3) is 0 Å². The summed E-state index contributed by atoms with van der Waals surface area (Å²) in [6, 6.07) is 4.20. The van der Waals surface area contributed by atoms with Crippen molar-refractivity contribution in [2.45, 2.75) is 10.0 Å². The fraction of sp³-hybridized carbons (Fsp3) is 0.222. The van der Waals surface area contributed by atoms with Crippen molar-refractivity contribution in [3.63, 3.8) is 0 Å². The monoisotopic (exact) mass is 335 g/mol. The summed E-state index contributed by atoms with van der Waals surface area (Å²) in [4.78, 5) is 11.6. The van der Waals surface area contributed by atoms with E-state index in [1.54, 1.807) is 0 Å². The number of nitrogens with one attached hydrogen (secondary N) is 1. The van der Waals surface area contributed by atoms with Crippen LogP contribution >= 0.6 is 58.0 Å². The van der Waals surface area contributed by atoms with Gasteiger partial charge in [-0.1, -0.05) is 58.0 Å². The van der Waals surface area contributed by atoms with E-state index in [2.05, 4.69) is 5.32 Å². The fourth-order valence-electron chi connectivity index (χ4n) is 0.974. The molecule has 0 aliphatic carbocycles. The second-order valence-corrected chi connectivity index (χ2v) is 6.32. The van der Waals surface area contributed by atoms with E-state index >= 15 is 0 Å². The first kappa shape index (κ1) is 15.2. The number of rotatable bonds is 2. The Kier molecular flexibility index (Phi) is 5.20. The molecule has 0 heterocycles. The molecule has 0 radical (unpaired) electrons. The van der Waals surface area contributed by atoms with Gasteiger partial charge in [0.15, 0.2) is 6.23 Å². The molecule has 94 valence electrons. The summed E-state index contributed by atoms with van der Waals surface area (Å²) in [7, 11) is 0. The van der Waals surface area contributed by atoms with Crippen molar-refractivity contribution in [3.05, 3.63) is 33.8 Å². The lowest BCUT2D eigenvalue weighted by atomic mass is 10.2. The average Bonchev–Trinajstić information content (AvgIpc) is 2.14. The van der Waals surface area contributed by atoms with Gasteiger partial charge < -0.3 is 10.4 Å². The molecule has 3 nitrogen and oxygen atoms in total. The van der Waals surface area contributed by atoms with Gasteiger partial charge in [0.25, 0.3) is 5.91 Å². The van der Waals surface area contributed by atoms with Crippen LogP contribution in [0, 0.1) is 0 Å². The highest BCUT2D eigenvalue weighted by Crippen LogP contribution is 2.29. The summed E-state index contributed by atoms with van der Waals surface area (Å²) in [5, 5.41) is 12.0. The molecule has 1 amide bonds. The number of carbonyl (C=O) groups is 1. The molecule has 1 unspecified atom stereocenters. The van der Waals surface area contributed by atoms with Gasteiger partial charge in [-0.2, -0.15) is 0 Å². The molecule has 17 heavy (non-hydrogen) atoms. The maximum atomic E-state index is 11.6.